The first-order chi connectivity index (χ1) is 7.72. The fourth-order valence-corrected chi connectivity index (χ4v) is 2.27. The Bertz CT molecular complexity index is 279. The van der Waals surface area contributed by atoms with Gasteiger partial charge >= 0.3 is 5.97 Å². The highest BCUT2D eigenvalue weighted by Gasteiger charge is 2.31. The fraction of sp³-hybridized carbons (Fsp3) is 0.909. The third-order valence-corrected chi connectivity index (χ3v) is 3.14. The van der Waals surface area contributed by atoms with Gasteiger partial charge in [0.1, 0.15) is 0 Å². The van der Waals surface area contributed by atoms with Crippen molar-refractivity contribution in [3.05, 3.63) is 10.4 Å². The summed E-state index contributed by atoms with van der Waals surface area (Å²) in [6, 6.07) is 0. The van der Waals surface area contributed by atoms with Crippen molar-refractivity contribution in [2.75, 3.05) is 6.61 Å². The van der Waals surface area contributed by atoms with Gasteiger partial charge in [0.05, 0.1) is 6.61 Å². The van der Waals surface area contributed by atoms with E-state index in [2.05, 4.69) is 10.0 Å². The van der Waals surface area contributed by atoms with Crippen LogP contribution in [0.15, 0.2) is 5.11 Å². The highest BCUT2D eigenvalue weighted by molar-refractivity contribution is 5.69. The molecule has 90 valence electrons. The van der Waals surface area contributed by atoms with E-state index in [1.165, 1.54) is 6.42 Å². The molecule has 0 unspecified atom stereocenters. The van der Waals surface area contributed by atoms with Gasteiger partial charge in [-0.25, -0.2) is 0 Å². The average Bonchev–Trinajstić information content (AvgIpc) is 2.29. The van der Waals surface area contributed by atoms with E-state index in [1.54, 1.807) is 6.92 Å². The van der Waals surface area contributed by atoms with Crippen molar-refractivity contribution in [2.45, 2.75) is 57.4 Å². The van der Waals surface area contributed by atoms with E-state index in [0.29, 0.717) is 19.4 Å². The molecule has 1 saturated carbocycles. The SMILES string of the molecule is CCOC(=O)CCC1(N=[N+]=[N-])CCCCC1. The molecule has 0 aliphatic heterocycles. The summed E-state index contributed by atoms with van der Waals surface area (Å²) in [7, 11) is 0. The minimum Gasteiger partial charge on any atom is -0.466 e. The number of hydrogen-bond donors (Lipinski definition) is 0. The molecule has 0 atom stereocenters. The molecular formula is C11H19N3O2. The molecule has 0 aromatic rings. The van der Waals surface area contributed by atoms with Gasteiger partial charge in [0.2, 0.25) is 0 Å². The second-order valence-corrected chi connectivity index (χ2v) is 4.28. The summed E-state index contributed by atoms with van der Waals surface area (Å²) in [4.78, 5) is 14.2. The molecule has 0 radical (unpaired) electrons. The molecule has 5 nitrogen and oxygen atoms in total. The summed E-state index contributed by atoms with van der Waals surface area (Å²) in [6.07, 6.45) is 6.14. The van der Waals surface area contributed by atoms with Gasteiger partial charge in [-0.1, -0.05) is 24.4 Å². The Labute approximate surface area is 95.8 Å². The van der Waals surface area contributed by atoms with Crippen LogP contribution in [0.2, 0.25) is 0 Å². The van der Waals surface area contributed by atoms with Crippen molar-refractivity contribution in [1.82, 2.24) is 0 Å². The van der Waals surface area contributed by atoms with Crippen molar-refractivity contribution >= 4 is 5.97 Å². The summed E-state index contributed by atoms with van der Waals surface area (Å²) >= 11 is 0. The zero-order valence-corrected chi connectivity index (χ0v) is 9.81. The Morgan fingerprint density at radius 2 is 2.12 bits per heavy atom. The smallest absolute Gasteiger partial charge is 0.305 e. The third kappa shape index (κ3) is 3.74. The molecule has 1 aliphatic rings. The van der Waals surface area contributed by atoms with Crippen LogP contribution in [-0.2, 0) is 9.53 Å². The predicted octanol–water partition coefficient (Wildman–Crippen LogP) is 3.34. The Morgan fingerprint density at radius 3 is 2.69 bits per heavy atom. The number of azide groups is 1. The topological polar surface area (TPSA) is 75.1 Å². The van der Waals surface area contributed by atoms with Crippen LogP contribution >= 0.6 is 0 Å². The molecule has 0 heterocycles. The van der Waals surface area contributed by atoms with Crippen molar-refractivity contribution in [1.29, 1.82) is 0 Å². The minimum atomic E-state index is -0.334. The van der Waals surface area contributed by atoms with Crippen LogP contribution in [-0.4, -0.2) is 18.1 Å². The molecule has 0 bridgehead atoms. The standard InChI is InChI=1S/C11H19N3O2/c1-2-16-10(15)6-9-11(13-14-12)7-4-3-5-8-11/h2-9H2,1H3. The van der Waals surface area contributed by atoms with Crippen molar-refractivity contribution < 1.29 is 9.53 Å². The number of rotatable bonds is 5. The molecule has 0 aromatic heterocycles. The van der Waals surface area contributed by atoms with Gasteiger partial charge in [-0.15, -0.1) is 0 Å². The van der Waals surface area contributed by atoms with Crippen LogP contribution in [0.1, 0.15) is 51.9 Å². The van der Waals surface area contributed by atoms with Gasteiger partial charge in [-0.05, 0) is 31.7 Å². The lowest BCUT2D eigenvalue weighted by molar-refractivity contribution is -0.143. The van der Waals surface area contributed by atoms with Gasteiger partial charge in [0.25, 0.3) is 0 Å². The third-order valence-electron chi connectivity index (χ3n) is 3.14. The van der Waals surface area contributed by atoms with E-state index in [1.807, 2.05) is 0 Å². The predicted molar refractivity (Wildman–Crippen MR) is 60.8 cm³/mol. The molecular weight excluding hydrogens is 206 g/mol. The molecule has 1 aliphatic carbocycles. The maximum atomic E-state index is 11.3. The second kappa shape index (κ2) is 6.38. The van der Waals surface area contributed by atoms with Gasteiger partial charge < -0.3 is 4.74 Å². The van der Waals surface area contributed by atoms with Crippen LogP contribution in [0.3, 0.4) is 0 Å². The Morgan fingerprint density at radius 1 is 1.44 bits per heavy atom. The first-order valence-electron chi connectivity index (χ1n) is 5.94. The molecule has 0 spiro atoms. The second-order valence-electron chi connectivity index (χ2n) is 4.28. The number of nitrogens with zero attached hydrogens (tertiary/aromatic N) is 3. The normalized spacial score (nSPS) is 18.6. The van der Waals surface area contributed by atoms with Gasteiger partial charge in [0.15, 0.2) is 0 Å². The zero-order valence-electron chi connectivity index (χ0n) is 9.81. The number of hydrogen-bond acceptors (Lipinski definition) is 3. The quantitative estimate of drug-likeness (QED) is 0.311. The number of esters is 1. The number of carbonyl (C=O) groups is 1. The van der Waals surface area contributed by atoms with Crippen LogP contribution in [0.25, 0.3) is 10.4 Å². The molecule has 0 amide bonds. The van der Waals surface area contributed by atoms with Crippen molar-refractivity contribution in [3.63, 3.8) is 0 Å². The van der Waals surface area contributed by atoms with Crippen LogP contribution in [0.4, 0.5) is 0 Å². The van der Waals surface area contributed by atoms with Crippen molar-refractivity contribution in [3.8, 4) is 0 Å². The number of ether oxygens (including phenoxy) is 1. The summed E-state index contributed by atoms with van der Waals surface area (Å²) < 4.78 is 4.88. The van der Waals surface area contributed by atoms with E-state index in [9.17, 15) is 4.79 Å². The van der Waals surface area contributed by atoms with Crippen LogP contribution in [0, 0.1) is 0 Å². The Balaban J connectivity index is 2.50. The van der Waals surface area contributed by atoms with E-state index in [-0.39, 0.29) is 11.5 Å². The van der Waals surface area contributed by atoms with Gasteiger partial charge in [0, 0.05) is 16.9 Å². The molecule has 1 rings (SSSR count). The molecule has 0 saturated heterocycles. The van der Waals surface area contributed by atoms with Gasteiger partial charge in [-0.3, -0.25) is 4.79 Å². The lowest BCUT2D eigenvalue weighted by atomic mass is 9.79. The molecule has 16 heavy (non-hydrogen) atoms. The zero-order chi connectivity index (χ0) is 11.9. The minimum absolute atomic E-state index is 0.194. The number of carbonyl (C=O) groups excluding carboxylic acids is 1. The Kier molecular flexibility index (Phi) is 5.12. The molecule has 5 heteroatoms. The van der Waals surface area contributed by atoms with E-state index in [0.717, 1.165) is 25.7 Å². The maximum absolute atomic E-state index is 11.3. The molecule has 0 aromatic carbocycles. The maximum Gasteiger partial charge on any atom is 0.305 e. The highest BCUT2D eigenvalue weighted by Crippen LogP contribution is 2.35. The van der Waals surface area contributed by atoms with Gasteiger partial charge in [-0.2, -0.15) is 0 Å². The van der Waals surface area contributed by atoms with Crippen molar-refractivity contribution in [2.24, 2.45) is 5.11 Å². The monoisotopic (exact) mass is 225 g/mol. The largest absolute Gasteiger partial charge is 0.466 e. The average molecular weight is 225 g/mol. The van der Waals surface area contributed by atoms with E-state index < -0.39 is 0 Å². The summed E-state index contributed by atoms with van der Waals surface area (Å²) in [6.45, 7) is 2.20. The summed E-state index contributed by atoms with van der Waals surface area (Å²) in [5.74, 6) is -0.194. The molecule has 1 fully saturated rings. The lowest BCUT2D eigenvalue weighted by Gasteiger charge is -2.32. The fourth-order valence-electron chi connectivity index (χ4n) is 2.27. The van der Waals surface area contributed by atoms with E-state index >= 15 is 0 Å². The van der Waals surface area contributed by atoms with Crippen LogP contribution in [0.5, 0.6) is 0 Å². The highest BCUT2D eigenvalue weighted by atomic mass is 16.5. The Hall–Kier alpha value is -1.22. The lowest BCUT2D eigenvalue weighted by Crippen LogP contribution is -2.29. The summed E-state index contributed by atoms with van der Waals surface area (Å²) in [5, 5.41) is 3.92. The van der Waals surface area contributed by atoms with Crippen LogP contribution < -0.4 is 0 Å². The summed E-state index contributed by atoms with van der Waals surface area (Å²) in [5.41, 5.74) is 8.26. The van der Waals surface area contributed by atoms with E-state index in [4.69, 9.17) is 10.3 Å². The first kappa shape index (κ1) is 12.8. The molecule has 0 N–H and O–H groups in total. The first-order valence-corrected chi connectivity index (χ1v) is 5.94.